The van der Waals surface area contributed by atoms with Crippen LogP contribution in [0.2, 0.25) is 0 Å². The third-order valence-electron chi connectivity index (χ3n) is 6.04. The first-order valence-electron chi connectivity index (χ1n) is 11.0. The van der Waals surface area contributed by atoms with Crippen LogP contribution in [0.25, 0.3) is 17.1 Å². The lowest BCUT2D eigenvalue weighted by molar-refractivity contribution is 0.0971. The topological polar surface area (TPSA) is 91.9 Å². The summed E-state index contributed by atoms with van der Waals surface area (Å²) in [5, 5.41) is 8.55. The quantitative estimate of drug-likeness (QED) is 0.386. The molecule has 0 radical (unpaired) electrons. The first kappa shape index (κ1) is 20.7. The van der Waals surface area contributed by atoms with Crippen LogP contribution in [0.15, 0.2) is 85.1 Å². The molecule has 0 spiro atoms. The van der Waals surface area contributed by atoms with E-state index in [2.05, 4.69) is 15.3 Å². The molecule has 8 nitrogen and oxygen atoms in total. The van der Waals surface area contributed by atoms with Gasteiger partial charge in [0.1, 0.15) is 28.7 Å². The maximum absolute atomic E-state index is 13.6. The summed E-state index contributed by atoms with van der Waals surface area (Å²) in [5.41, 5.74) is 3.40. The highest BCUT2D eigenvalue weighted by Crippen LogP contribution is 2.32. The number of methoxy groups -OCH3 is 1. The van der Waals surface area contributed by atoms with E-state index in [1.165, 1.54) is 0 Å². The average Bonchev–Trinajstić information content (AvgIpc) is 3.54. The molecule has 0 unspecified atom stereocenters. The van der Waals surface area contributed by atoms with Crippen molar-refractivity contribution in [2.75, 3.05) is 7.11 Å². The molecule has 1 aliphatic rings. The summed E-state index contributed by atoms with van der Waals surface area (Å²) >= 11 is 0. The van der Waals surface area contributed by atoms with Gasteiger partial charge in [-0.15, -0.1) is 5.10 Å². The molecule has 0 fully saturated rings. The molecule has 6 rings (SSSR count). The molecule has 0 amide bonds. The van der Waals surface area contributed by atoms with E-state index in [1.807, 2.05) is 60.8 Å². The number of hydrogen-bond acceptors (Lipinski definition) is 6. The van der Waals surface area contributed by atoms with Gasteiger partial charge in [-0.25, -0.2) is 9.67 Å². The van der Waals surface area contributed by atoms with Crippen molar-refractivity contribution in [2.45, 2.75) is 6.54 Å². The summed E-state index contributed by atoms with van der Waals surface area (Å²) in [6.07, 6.45) is 1.81. The summed E-state index contributed by atoms with van der Waals surface area (Å²) < 4.78 is 8.71. The lowest BCUT2D eigenvalue weighted by Gasteiger charge is -2.16. The van der Waals surface area contributed by atoms with Gasteiger partial charge in [0.15, 0.2) is 0 Å². The van der Waals surface area contributed by atoms with Crippen molar-refractivity contribution in [3.63, 3.8) is 0 Å². The number of nitrogens with zero attached hydrogens (tertiary/aromatic N) is 5. The highest BCUT2D eigenvalue weighted by atomic mass is 16.5. The van der Waals surface area contributed by atoms with Crippen LogP contribution >= 0.6 is 0 Å². The van der Waals surface area contributed by atoms with Gasteiger partial charge < -0.3 is 9.30 Å². The minimum absolute atomic E-state index is 0.148. The smallest absolute Gasteiger partial charge is 0.214 e. The SMILES string of the molecule is COc1ccc(-c2nc3c(n2Cc2cn(-c4ccccc4)nn2)C(=O)c2ccccc2C3=O)cc1. The van der Waals surface area contributed by atoms with Crippen molar-refractivity contribution in [3.05, 3.63) is 113 Å². The Morgan fingerprint density at radius 3 is 2.23 bits per heavy atom. The Morgan fingerprint density at radius 1 is 0.829 bits per heavy atom. The van der Waals surface area contributed by atoms with Crippen molar-refractivity contribution in [2.24, 2.45) is 0 Å². The molecule has 1 aliphatic carbocycles. The fraction of sp³-hybridized carbons (Fsp3) is 0.0741. The zero-order valence-corrected chi connectivity index (χ0v) is 18.8. The molecule has 2 aromatic heterocycles. The molecule has 0 aliphatic heterocycles. The van der Waals surface area contributed by atoms with Gasteiger partial charge in [0.2, 0.25) is 11.6 Å². The molecule has 35 heavy (non-hydrogen) atoms. The van der Waals surface area contributed by atoms with Gasteiger partial charge in [0, 0.05) is 16.7 Å². The zero-order valence-electron chi connectivity index (χ0n) is 18.8. The van der Waals surface area contributed by atoms with Gasteiger partial charge in [-0.05, 0) is 36.4 Å². The van der Waals surface area contributed by atoms with E-state index in [-0.39, 0.29) is 29.5 Å². The van der Waals surface area contributed by atoms with E-state index >= 15 is 0 Å². The molecule has 0 saturated carbocycles. The van der Waals surface area contributed by atoms with Crippen LogP contribution in [-0.2, 0) is 6.54 Å². The lowest BCUT2D eigenvalue weighted by Crippen LogP contribution is -2.23. The Kier molecular flexibility index (Phi) is 4.84. The van der Waals surface area contributed by atoms with Gasteiger partial charge in [-0.2, -0.15) is 0 Å². The lowest BCUT2D eigenvalue weighted by atomic mass is 9.90. The molecule has 5 aromatic rings. The van der Waals surface area contributed by atoms with Gasteiger partial charge in [0.05, 0.1) is 25.5 Å². The van der Waals surface area contributed by atoms with Crippen molar-refractivity contribution >= 4 is 11.6 Å². The second kappa shape index (κ2) is 8.18. The zero-order chi connectivity index (χ0) is 23.9. The average molecular weight is 461 g/mol. The summed E-state index contributed by atoms with van der Waals surface area (Å²) in [5.74, 6) is 0.693. The number of imidazole rings is 1. The second-order valence-electron chi connectivity index (χ2n) is 8.14. The number of fused-ring (bicyclic) bond motifs is 2. The van der Waals surface area contributed by atoms with Crippen LogP contribution in [0.1, 0.15) is 37.8 Å². The fourth-order valence-electron chi connectivity index (χ4n) is 4.33. The highest BCUT2D eigenvalue weighted by molar-refractivity contribution is 6.27. The van der Waals surface area contributed by atoms with Crippen LogP contribution in [-0.4, -0.2) is 43.2 Å². The van der Waals surface area contributed by atoms with E-state index in [9.17, 15) is 9.59 Å². The Balaban J connectivity index is 1.49. The fourth-order valence-corrected chi connectivity index (χ4v) is 4.33. The third-order valence-corrected chi connectivity index (χ3v) is 6.04. The van der Waals surface area contributed by atoms with Gasteiger partial charge in [0.25, 0.3) is 0 Å². The largest absolute Gasteiger partial charge is 0.497 e. The number of hydrogen-bond donors (Lipinski definition) is 0. The summed E-state index contributed by atoms with van der Waals surface area (Å²) in [4.78, 5) is 31.5. The second-order valence-corrected chi connectivity index (χ2v) is 8.14. The molecule has 8 heteroatoms. The van der Waals surface area contributed by atoms with E-state index in [1.54, 1.807) is 40.6 Å². The summed E-state index contributed by atoms with van der Waals surface area (Å²) in [6, 6.07) is 23.8. The van der Waals surface area contributed by atoms with Crippen LogP contribution in [0.3, 0.4) is 0 Å². The Morgan fingerprint density at radius 2 is 1.51 bits per heavy atom. The van der Waals surface area contributed by atoms with Crippen molar-refractivity contribution < 1.29 is 14.3 Å². The number of aromatic nitrogens is 5. The van der Waals surface area contributed by atoms with Gasteiger partial charge in [-0.3, -0.25) is 9.59 Å². The molecule has 0 bridgehead atoms. The molecule has 2 heterocycles. The maximum Gasteiger partial charge on any atom is 0.214 e. The molecule has 3 aromatic carbocycles. The molecule has 170 valence electrons. The maximum atomic E-state index is 13.6. The predicted molar refractivity (Wildman–Crippen MR) is 128 cm³/mol. The first-order chi connectivity index (χ1) is 17.1. The first-order valence-corrected chi connectivity index (χ1v) is 11.0. The number of ketones is 2. The Hall–Kier alpha value is -4.85. The van der Waals surface area contributed by atoms with Crippen molar-refractivity contribution in [3.8, 4) is 22.8 Å². The van der Waals surface area contributed by atoms with Crippen LogP contribution in [0.5, 0.6) is 5.75 Å². The molecular weight excluding hydrogens is 442 g/mol. The van der Waals surface area contributed by atoms with Gasteiger partial charge in [-0.1, -0.05) is 47.7 Å². The molecule has 0 saturated heterocycles. The standard InChI is InChI=1S/C27H19N5O3/c1-35-20-13-11-17(12-14-20)27-28-23-24(26(34)22-10-6-5-9-21(22)25(23)33)31(27)15-18-16-32(30-29-18)19-7-3-2-4-8-19/h2-14,16H,15H2,1H3. The van der Waals surface area contributed by atoms with E-state index in [4.69, 9.17) is 4.74 Å². The van der Waals surface area contributed by atoms with Crippen molar-refractivity contribution in [1.82, 2.24) is 24.5 Å². The van der Waals surface area contributed by atoms with Crippen LogP contribution < -0.4 is 4.74 Å². The van der Waals surface area contributed by atoms with E-state index in [0.717, 1.165) is 11.3 Å². The number of benzene rings is 3. The third kappa shape index (κ3) is 3.43. The number of carbonyl (C=O) groups is 2. The monoisotopic (exact) mass is 461 g/mol. The number of rotatable bonds is 5. The van der Waals surface area contributed by atoms with E-state index < -0.39 is 0 Å². The molecule has 0 atom stereocenters. The Bertz CT molecular complexity index is 1580. The molecule has 0 N–H and O–H groups in total. The predicted octanol–water partition coefficient (Wildman–Crippen LogP) is 3.96. The van der Waals surface area contributed by atoms with Gasteiger partial charge >= 0.3 is 0 Å². The number of para-hydroxylation sites is 1. The van der Waals surface area contributed by atoms with Crippen LogP contribution in [0, 0.1) is 0 Å². The van der Waals surface area contributed by atoms with Crippen molar-refractivity contribution in [1.29, 1.82) is 0 Å². The summed E-state index contributed by atoms with van der Waals surface area (Å²) in [7, 11) is 1.60. The highest BCUT2D eigenvalue weighted by Gasteiger charge is 2.36. The van der Waals surface area contributed by atoms with Crippen LogP contribution in [0.4, 0.5) is 0 Å². The number of carbonyl (C=O) groups excluding carboxylic acids is 2. The Labute approximate surface area is 200 Å². The normalized spacial score (nSPS) is 12.4. The summed E-state index contributed by atoms with van der Waals surface area (Å²) in [6.45, 7) is 0.220. The minimum Gasteiger partial charge on any atom is -0.497 e. The number of ether oxygens (including phenoxy) is 1. The van der Waals surface area contributed by atoms with E-state index in [0.29, 0.717) is 28.4 Å². The molecular formula is C27H19N5O3. The minimum atomic E-state index is -0.267.